The summed E-state index contributed by atoms with van der Waals surface area (Å²) in [5.74, 6) is 0.716. The third-order valence-corrected chi connectivity index (χ3v) is 5.25. The summed E-state index contributed by atoms with van der Waals surface area (Å²) < 4.78 is 0. The van der Waals surface area contributed by atoms with Crippen molar-refractivity contribution in [3.05, 3.63) is 70.5 Å². The number of nitrogens with two attached hydrogens (primary N) is 1. The first-order valence-electron chi connectivity index (χ1n) is 8.80. The molecule has 3 aromatic carbocycles. The van der Waals surface area contributed by atoms with E-state index in [9.17, 15) is 9.90 Å². The van der Waals surface area contributed by atoms with Crippen LogP contribution in [0.2, 0.25) is 0 Å². The van der Waals surface area contributed by atoms with Crippen LogP contribution in [0.3, 0.4) is 0 Å². The van der Waals surface area contributed by atoms with Gasteiger partial charge in [0.1, 0.15) is 11.4 Å². The zero-order valence-corrected chi connectivity index (χ0v) is 14.1. The van der Waals surface area contributed by atoms with Crippen LogP contribution in [0.1, 0.15) is 24.3 Å². The van der Waals surface area contributed by atoms with Gasteiger partial charge in [0.25, 0.3) is 5.56 Å². The molecule has 0 atom stereocenters. The number of aromatic nitrogens is 1. The zero-order valence-electron chi connectivity index (χ0n) is 14.1. The number of hydrogen-bond acceptors (Lipinski definition) is 3. The van der Waals surface area contributed by atoms with Crippen LogP contribution >= 0.6 is 0 Å². The number of fused-ring (bicyclic) bond motifs is 3. The molecule has 4 nitrogen and oxygen atoms in total. The van der Waals surface area contributed by atoms with Gasteiger partial charge in [-0.2, -0.15) is 0 Å². The Morgan fingerprint density at radius 3 is 2.46 bits per heavy atom. The maximum Gasteiger partial charge on any atom is 0.272 e. The Morgan fingerprint density at radius 2 is 1.73 bits per heavy atom. The van der Waals surface area contributed by atoms with Gasteiger partial charge in [0.2, 0.25) is 0 Å². The van der Waals surface area contributed by atoms with E-state index in [4.69, 9.17) is 5.73 Å². The molecule has 0 unspecified atom stereocenters. The lowest BCUT2D eigenvalue weighted by Crippen LogP contribution is -2.13. The molecule has 0 bridgehead atoms. The fraction of sp³-hybridized carbons (Fsp3) is 0.136. The highest BCUT2D eigenvalue weighted by molar-refractivity contribution is 6.13. The number of H-pyrrole nitrogens is 1. The van der Waals surface area contributed by atoms with Crippen LogP contribution in [0, 0.1) is 0 Å². The molecule has 0 saturated heterocycles. The molecule has 5 rings (SSSR count). The van der Waals surface area contributed by atoms with E-state index in [-0.39, 0.29) is 17.0 Å². The van der Waals surface area contributed by atoms with Crippen LogP contribution in [0.5, 0.6) is 5.75 Å². The zero-order chi connectivity index (χ0) is 17.8. The van der Waals surface area contributed by atoms with Gasteiger partial charge >= 0.3 is 0 Å². The molecular weight excluding hydrogens is 324 g/mol. The van der Waals surface area contributed by atoms with E-state index in [1.54, 1.807) is 18.2 Å². The van der Waals surface area contributed by atoms with E-state index >= 15 is 0 Å². The molecular formula is C22H18N2O2. The number of aromatic hydroxyl groups is 1. The van der Waals surface area contributed by atoms with Crippen LogP contribution < -0.4 is 11.3 Å². The number of phenolic OH excluding ortho intramolecular Hbond substituents is 1. The molecule has 1 aromatic heterocycles. The summed E-state index contributed by atoms with van der Waals surface area (Å²) in [4.78, 5) is 15.5. The standard InChI is InChI=1S/C22H18N2O2/c23-20-19(13-4-3-5-14(25)10-13)18-11-17(12-8-9-12)15-6-1-2-7-16(15)21(18)24-22(20)26/h1-7,10-12,25H,8-9,23H2,(H,24,26). The lowest BCUT2D eigenvalue weighted by atomic mass is 9.92. The summed E-state index contributed by atoms with van der Waals surface area (Å²) >= 11 is 0. The van der Waals surface area contributed by atoms with Crippen LogP contribution in [0.15, 0.2) is 59.4 Å². The van der Waals surface area contributed by atoms with Crippen molar-refractivity contribution >= 4 is 27.4 Å². The maximum atomic E-state index is 12.5. The number of pyridine rings is 1. The summed E-state index contributed by atoms with van der Waals surface area (Å²) in [6.07, 6.45) is 2.38. The van der Waals surface area contributed by atoms with Crippen molar-refractivity contribution in [3.63, 3.8) is 0 Å². The van der Waals surface area contributed by atoms with Gasteiger partial charge < -0.3 is 15.8 Å². The quantitative estimate of drug-likeness (QED) is 0.469. The second-order valence-corrected chi connectivity index (χ2v) is 7.00. The van der Waals surface area contributed by atoms with Gasteiger partial charge in [-0.05, 0) is 53.5 Å². The Bertz CT molecular complexity index is 1240. The van der Waals surface area contributed by atoms with Gasteiger partial charge in [0.05, 0.1) is 5.52 Å². The highest BCUT2D eigenvalue weighted by atomic mass is 16.3. The number of nitrogens with one attached hydrogen (secondary N) is 1. The van der Waals surface area contributed by atoms with Crippen LogP contribution in [0.4, 0.5) is 5.69 Å². The Morgan fingerprint density at radius 1 is 0.962 bits per heavy atom. The minimum Gasteiger partial charge on any atom is -0.508 e. The van der Waals surface area contributed by atoms with E-state index in [2.05, 4.69) is 17.1 Å². The van der Waals surface area contributed by atoms with Gasteiger partial charge in [-0.25, -0.2) is 0 Å². The number of rotatable bonds is 2. The first kappa shape index (κ1) is 15.0. The summed E-state index contributed by atoms with van der Waals surface area (Å²) in [5.41, 5.74) is 9.60. The second kappa shape index (κ2) is 5.36. The van der Waals surface area contributed by atoms with Crippen LogP contribution in [-0.2, 0) is 0 Å². The van der Waals surface area contributed by atoms with Crippen molar-refractivity contribution in [2.75, 3.05) is 5.73 Å². The van der Waals surface area contributed by atoms with E-state index in [1.807, 2.05) is 24.3 Å². The highest BCUT2D eigenvalue weighted by Gasteiger charge is 2.27. The molecule has 0 spiro atoms. The van der Waals surface area contributed by atoms with Crippen LogP contribution in [-0.4, -0.2) is 10.1 Å². The number of hydrogen-bond donors (Lipinski definition) is 3. The summed E-state index contributed by atoms with van der Waals surface area (Å²) in [6.45, 7) is 0. The molecule has 128 valence electrons. The molecule has 4 aromatic rings. The largest absolute Gasteiger partial charge is 0.508 e. The molecule has 26 heavy (non-hydrogen) atoms. The highest BCUT2D eigenvalue weighted by Crippen LogP contribution is 2.46. The number of nitrogen functional groups attached to an aromatic ring is 1. The van der Waals surface area contributed by atoms with Gasteiger partial charge in [0, 0.05) is 16.3 Å². The fourth-order valence-corrected chi connectivity index (χ4v) is 3.88. The Balaban J connectivity index is 1.99. The van der Waals surface area contributed by atoms with Crippen LogP contribution in [0.25, 0.3) is 32.8 Å². The van der Waals surface area contributed by atoms with Crippen molar-refractivity contribution in [1.29, 1.82) is 0 Å². The molecule has 1 aliphatic carbocycles. The average molecular weight is 342 g/mol. The van der Waals surface area contributed by atoms with Crippen molar-refractivity contribution in [3.8, 4) is 16.9 Å². The minimum absolute atomic E-state index is 0.151. The van der Waals surface area contributed by atoms with Gasteiger partial charge in [-0.15, -0.1) is 0 Å². The molecule has 0 amide bonds. The summed E-state index contributed by atoms with van der Waals surface area (Å²) in [5, 5.41) is 13.0. The first-order chi connectivity index (χ1) is 12.6. The van der Waals surface area contributed by atoms with Gasteiger partial charge in [0.15, 0.2) is 0 Å². The molecule has 0 aliphatic heterocycles. The van der Waals surface area contributed by atoms with E-state index in [1.165, 1.54) is 23.8 Å². The third kappa shape index (κ3) is 2.19. The Labute approximate surface area is 149 Å². The molecule has 4 heteroatoms. The van der Waals surface area contributed by atoms with E-state index in [0.717, 1.165) is 21.9 Å². The molecule has 1 heterocycles. The average Bonchev–Trinajstić information content (AvgIpc) is 3.47. The van der Waals surface area contributed by atoms with Gasteiger partial charge in [-0.1, -0.05) is 36.4 Å². The summed E-state index contributed by atoms with van der Waals surface area (Å²) in [7, 11) is 0. The minimum atomic E-state index is -0.305. The smallest absolute Gasteiger partial charge is 0.272 e. The number of anilines is 1. The lowest BCUT2D eigenvalue weighted by molar-refractivity contribution is 0.475. The van der Waals surface area contributed by atoms with Crippen molar-refractivity contribution in [2.24, 2.45) is 0 Å². The normalized spacial score (nSPS) is 14.2. The van der Waals surface area contributed by atoms with Crippen molar-refractivity contribution < 1.29 is 5.11 Å². The molecule has 1 saturated carbocycles. The monoisotopic (exact) mass is 342 g/mol. The summed E-state index contributed by atoms with van der Waals surface area (Å²) in [6, 6.07) is 17.2. The first-order valence-corrected chi connectivity index (χ1v) is 8.80. The molecule has 1 fully saturated rings. The van der Waals surface area contributed by atoms with Gasteiger partial charge in [-0.3, -0.25) is 4.79 Å². The Hall–Kier alpha value is -3.27. The topological polar surface area (TPSA) is 79.1 Å². The van der Waals surface area contributed by atoms with Crippen molar-refractivity contribution in [2.45, 2.75) is 18.8 Å². The predicted octanol–water partition coefficient (Wildman–Crippen LogP) is 4.51. The predicted molar refractivity (Wildman–Crippen MR) is 106 cm³/mol. The molecule has 0 radical (unpaired) electrons. The SMILES string of the molecule is Nc1c(-c2cccc(O)c2)c2cc(C3CC3)c3ccccc3c2[nH]c1=O. The van der Waals surface area contributed by atoms with E-state index in [0.29, 0.717) is 11.5 Å². The third-order valence-electron chi connectivity index (χ3n) is 5.25. The number of phenols is 1. The maximum absolute atomic E-state index is 12.5. The number of aromatic amines is 1. The number of benzene rings is 3. The molecule has 1 aliphatic rings. The fourth-order valence-electron chi connectivity index (χ4n) is 3.88. The van der Waals surface area contributed by atoms with Crippen molar-refractivity contribution in [1.82, 2.24) is 4.98 Å². The Kier molecular flexibility index (Phi) is 3.10. The lowest BCUT2D eigenvalue weighted by Gasteiger charge is -2.15. The van der Waals surface area contributed by atoms with E-state index < -0.39 is 0 Å². The molecule has 4 N–H and O–H groups in total. The second-order valence-electron chi connectivity index (χ2n) is 7.00.